The second kappa shape index (κ2) is 6.00. The van der Waals surface area contributed by atoms with Gasteiger partial charge in [-0.15, -0.1) is 0 Å². The van der Waals surface area contributed by atoms with Gasteiger partial charge in [-0.3, -0.25) is 4.79 Å². The van der Waals surface area contributed by atoms with E-state index >= 15 is 0 Å². The Morgan fingerprint density at radius 2 is 2.00 bits per heavy atom. The van der Waals surface area contributed by atoms with Gasteiger partial charge in [-0.25, -0.2) is 4.57 Å². The van der Waals surface area contributed by atoms with Crippen LogP contribution in [0.2, 0.25) is 0 Å². The van der Waals surface area contributed by atoms with Crippen molar-refractivity contribution in [2.24, 2.45) is 7.05 Å². The first-order valence-electron chi connectivity index (χ1n) is 6.23. The summed E-state index contributed by atoms with van der Waals surface area (Å²) in [5.74, 6) is -0.0494. The monoisotopic (exact) mass is 256 g/mol. The lowest BCUT2D eigenvalue weighted by Crippen LogP contribution is -2.31. The first kappa shape index (κ1) is 13.1. The van der Waals surface area contributed by atoms with Crippen LogP contribution >= 0.6 is 0 Å². The average Bonchev–Trinajstić information content (AvgIpc) is 2.41. The molecule has 0 aliphatic carbocycles. The fourth-order valence-electron chi connectivity index (χ4n) is 1.83. The number of amides is 1. The first-order chi connectivity index (χ1) is 9.15. The maximum atomic E-state index is 11.9. The Bertz CT molecular complexity index is 564. The number of carbonyl (C=O) groups excluding carboxylic acids is 1. The molecule has 4 nitrogen and oxygen atoms in total. The molecule has 0 aliphatic rings. The van der Waals surface area contributed by atoms with Crippen molar-refractivity contribution in [3.63, 3.8) is 0 Å². The maximum Gasteiger partial charge on any atom is 0.257 e. The number of hydrogen-bond acceptors (Lipinski definition) is 2. The molecule has 4 heteroatoms. The second-order valence-electron chi connectivity index (χ2n) is 4.51. The minimum atomic E-state index is -0.0494. The number of nitrogens with two attached hydrogens (primary N) is 1. The maximum absolute atomic E-state index is 11.9. The highest BCUT2D eigenvalue weighted by Crippen LogP contribution is 2.05. The van der Waals surface area contributed by atoms with Crippen molar-refractivity contribution in [1.82, 2.24) is 5.32 Å². The summed E-state index contributed by atoms with van der Waals surface area (Å²) in [5.41, 5.74) is 8.20. The summed E-state index contributed by atoms with van der Waals surface area (Å²) in [4.78, 5) is 11.9. The highest BCUT2D eigenvalue weighted by Gasteiger charge is 2.07. The Morgan fingerprint density at radius 3 is 2.68 bits per heavy atom. The van der Waals surface area contributed by atoms with E-state index in [1.165, 1.54) is 0 Å². The Kier molecular flexibility index (Phi) is 4.13. The summed E-state index contributed by atoms with van der Waals surface area (Å²) in [6.07, 6.45) is 4.49. The van der Waals surface area contributed by atoms with Crippen molar-refractivity contribution in [3.8, 4) is 0 Å². The molecule has 1 aromatic heterocycles. The molecule has 0 saturated heterocycles. The van der Waals surface area contributed by atoms with Crippen LogP contribution in [0.1, 0.15) is 15.9 Å². The van der Waals surface area contributed by atoms with Crippen LogP contribution in [0.25, 0.3) is 0 Å². The van der Waals surface area contributed by atoms with E-state index in [0.717, 1.165) is 17.7 Å². The standard InChI is InChI=1S/C15H17N3O/c1-18-10-2-3-13(11-18)15(19)17-9-8-12-4-6-14(16)7-5-12/h2-7,10-11H,8-9,16H2,1H3/p+1. The average molecular weight is 256 g/mol. The molecule has 1 amide bonds. The molecule has 19 heavy (non-hydrogen) atoms. The van der Waals surface area contributed by atoms with Crippen LogP contribution in [0.15, 0.2) is 48.8 Å². The molecule has 1 aromatic carbocycles. The number of pyridine rings is 1. The summed E-state index contributed by atoms with van der Waals surface area (Å²) in [6.45, 7) is 0.612. The molecule has 0 aliphatic heterocycles. The minimum absolute atomic E-state index is 0.0494. The fourth-order valence-corrected chi connectivity index (χ4v) is 1.83. The molecule has 0 spiro atoms. The van der Waals surface area contributed by atoms with E-state index < -0.39 is 0 Å². The van der Waals surface area contributed by atoms with Crippen LogP contribution < -0.4 is 15.6 Å². The largest absolute Gasteiger partial charge is 0.399 e. The van der Waals surface area contributed by atoms with E-state index in [2.05, 4.69) is 5.32 Å². The van der Waals surface area contributed by atoms with E-state index in [1.54, 1.807) is 12.3 Å². The Balaban J connectivity index is 1.86. The zero-order valence-corrected chi connectivity index (χ0v) is 11.0. The third-order valence-electron chi connectivity index (χ3n) is 2.88. The van der Waals surface area contributed by atoms with Gasteiger partial charge >= 0.3 is 0 Å². The number of benzene rings is 1. The zero-order valence-electron chi connectivity index (χ0n) is 11.0. The number of aryl methyl sites for hydroxylation is 1. The third kappa shape index (κ3) is 3.81. The number of nitrogens with zero attached hydrogens (tertiary/aromatic N) is 1. The predicted octanol–water partition coefficient (Wildman–Crippen LogP) is 1.07. The van der Waals surface area contributed by atoms with Crippen molar-refractivity contribution >= 4 is 11.6 Å². The summed E-state index contributed by atoms with van der Waals surface area (Å²) >= 11 is 0. The quantitative estimate of drug-likeness (QED) is 0.635. The smallest absolute Gasteiger partial charge is 0.257 e. The van der Waals surface area contributed by atoms with Gasteiger partial charge in [0.1, 0.15) is 12.6 Å². The molecule has 1 heterocycles. The molecular formula is C15H18N3O+. The third-order valence-corrected chi connectivity index (χ3v) is 2.88. The van der Waals surface area contributed by atoms with E-state index in [9.17, 15) is 4.79 Å². The van der Waals surface area contributed by atoms with E-state index in [1.807, 2.05) is 48.1 Å². The van der Waals surface area contributed by atoms with Crippen LogP contribution in [0, 0.1) is 0 Å². The number of nitrogens with one attached hydrogen (secondary N) is 1. The van der Waals surface area contributed by atoms with Crippen LogP contribution in [0.5, 0.6) is 0 Å². The minimum Gasteiger partial charge on any atom is -0.399 e. The Morgan fingerprint density at radius 1 is 1.26 bits per heavy atom. The molecule has 0 atom stereocenters. The van der Waals surface area contributed by atoms with Gasteiger partial charge in [0, 0.05) is 18.3 Å². The van der Waals surface area contributed by atoms with Gasteiger partial charge in [0.05, 0.1) is 0 Å². The van der Waals surface area contributed by atoms with Gasteiger partial charge in [0.2, 0.25) is 0 Å². The lowest BCUT2D eigenvalue weighted by Gasteiger charge is -2.05. The van der Waals surface area contributed by atoms with Gasteiger partial charge in [0.25, 0.3) is 5.91 Å². The molecule has 3 N–H and O–H groups in total. The number of aromatic nitrogens is 1. The van der Waals surface area contributed by atoms with Gasteiger partial charge in [-0.05, 0) is 30.2 Å². The Hall–Kier alpha value is -2.36. The molecule has 0 radical (unpaired) electrons. The number of hydrogen-bond donors (Lipinski definition) is 2. The number of nitrogen functional groups attached to an aromatic ring is 1. The van der Waals surface area contributed by atoms with Crippen LogP contribution in [0.3, 0.4) is 0 Å². The SMILES string of the molecule is C[n+]1cccc(C(=O)NCCc2ccc(N)cc2)c1. The number of anilines is 1. The van der Waals surface area contributed by atoms with Crippen LogP contribution in [-0.2, 0) is 13.5 Å². The van der Waals surface area contributed by atoms with Gasteiger partial charge in [-0.2, -0.15) is 0 Å². The van der Waals surface area contributed by atoms with E-state index in [0.29, 0.717) is 12.1 Å². The van der Waals surface area contributed by atoms with Gasteiger partial charge < -0.3 is 11.1 Å². The summed E-state index contributed by atoms with van der Waals surface area (Å²) in [7, 11) is 1.89. The second-order valence-corrected chi connectivity index (χ2v) is 4.51. The molecule has 2 rings (SSSR count). The predicted molar refractivity (Wildman–Crippen MR) is 74.5 cm³/mol. The number of carbonyl (C=O) groups is 1. The van der Waals surface area contributed by atoms with Crippen molar-refractivity contribution < 1.29 is 9.36 Å². The Labute approximate surface area is 112 Å². The molecule has 0 fully saturated rings. The molecule has 2 aromatic rings. The summed E-state index contributed by atoms with van der Waals surface area (Å²) in [6, 6.07) is 11.4. The van der Waals surface area contributed by atoms with Crippen LogP contribution in [-0.4, -0.2) is 12.5 Å². The topological polar surface area (TPSA) is 59.0 Å². The first-order valence-corrected chi connectivity index (χ1v) is 6.23. The van der Waals surface area contributed by atoms with Gasteiger partial charge in [-0.1, -0.05) is 12.1 Å². The fraction of sp³-hybridized carbons (Fsp3) is 0.200. The van der Waals surface area contributed by atoms with E-state index in [4.69, 9.17) is 5.73 Å². The summed E-state index contributed by atoms with van der Waals surface area (Å²) < 4.78 is 1.86. The highest BCUT2D eigenvalue weighted by molar-refractivity contribution is 5.93. The van der Waals surface area contributed by atoms with Gasteiger partial charge in [0.15, 0.2) is 12.4 Å². The molecule has 0 bridgehead atoms. The highest BCUT2D eigenvalue weighted by atomic mass is 16.1. The normalized spacial score (nSPS) is 10.2. The van der Waals surface area contributed by atoms with Crippen molar-refractivity contribution in [3.05, 3.63) is 59.9 Å². The molecule has 0 saturated carbocycles. The lowest BCUT2D eigenvalue weighted by molar-refractivity contribution is -0.671. The van der Waals surface area contributed by atoms with E-state index in [-0.39, 0.29) is 5.91 Å². The molecule has 0 unspecified atom stereocenters. The molecule has 98 valence electrons. The van der Waals surface area contributed by atoms with Crippen molar-refractivity contribution in [2.75, 3.05) is 12.3 Å². The lowest BCUT2D eigenvalue weighted by atomic mass is 10.1. The summed E-state index contributed by atoms with van der Waals surface area (Å²) in [5, 5.41) is 2.91. The van der Waals surface area contributed by atoms with Crippen LogP contribution in [0.4, 0.5) is 5.69 Å². The molecular weight excluding hydrogens is 238 g/mol. The van der Waals surface area contributed by atoms with Crippen molar-refractivity contribution in [2.45, 2.75) is 6.42 Å². The number of rotatable bonds is 4. The van der Waals surface area contributed by atoms with Crippen molar-refractivity contribution in [1.29, 1.82) is 0 Å². The zero-order chi connectivity index (χ0) is 13.7.